The third kappa shape index (κ3) is 5.19. The van der Waals surface area contributed by atoms with Gasteiger partial charge in [0.2, 0.25) is 0 Å². The molecule has 0 atom stereocenters. The van der Waals surface area contributed by atoms with Crippen molar-refractivity contribution in [2.24, 2.45) is 10.9 Å². The Labute approximate surface area is 129 Å². The molecule has 0 unspecified atom stereocenters. The standard InChI is InChI=1S/C12H14IN3O4/c1-3-19-11(17)8(12(18)20-4-2)7-14-10-6-5-9(13)15-16-10/h5-8H,3-4H2,1-2H3. The van der Waals surface area contributed by atoms with Gasteiger partial charge in [-0.05, 0) is 48.6 Å². The van der Waals surface area contributed by atoms with Gasteiger partial charge in [0.1, 0.15) is 3.70 Å². The van der Waals surface area contributed by atoms with Crippen LogP contribution in [0.15, 0.2) is 17.1 Å². The van der Waals surface area contributed by atoms with Gasteiger partial charge in [0, 0.05) is 6.21 Å². The molecule has 0 saturated heterocycles. The van der Waals surface area contributed by atoms with E-state index in [0.717, 1.165) is 6.21 Å². The summed E-state index contributed by atoms with van der Waals surface area (Å²) in [4.78, 5) is 27.3. The van der Waals surface area contributed by atoms with E-state index in [4.69, 9.17) is 9.47 Å². The molecule has 1 rings (SSSR count). The van der Waals surface area contributed by atoms with Crippen molar-refractivity contribution in [3.63, 3.8) is 0 Å². The number of carbonyl (C=O) groups excluding carboxylic acids is 2. The van der Waals surface area contributed by atoms with Crippen molar-refractivity contribution in [3.05, 3.63) is 15.8 Å². The molecule has 0 fully saturated rings. The molecule has 8 heteroatoms. The lowest BCUT2D eigenvalue weighted by atomic mass is 10.2. The highest BCUT2D eigenvalue weighted by Gasteiger charge is 2.27. The molecule has 0 saturated carbocycles. The summed E-state index contributed by atoms with van der Waals surface area (Å²) in [6.07, 6.45) is 1.16. The molecule has 108 valence electrons. The lowest BCUT2D eigenvalue weighted by molar-refractivity contribution is -0.157. The molecule has 0 aliphatic carbocycles. The second kappa shape index (κ2) is 8.56. The van der Waals surface area contributed by atoms with Gasteiger partial charge in [-0.1, -0.05) is 0 Å². The quantitative estimate of drug-likeness (QED) is 0.316. The summed E-state index contributed by atoms with van der Waals surface area (Å²) in [5.74, 6) is -2.30. The summed E-state index contributed by atoms with van der Waals surface area (Å²) in [5.41, 5.74) is 0. The van der Waals surface area contributed by atoms with Gasteiger partial charge in [-0.2, -0.15) is 0 Å². The average Bonchev–Trinajstić information content (AvgIpc) is 2.42. The minimum absolute atomic E-state index is 0.173. The number of rotatable bonds is 6. The highest BCUT2D eigenvalue weighted by Crippen LogP contribution is 2.09. The lowest BCUT2D eigenvalue weighted by Crippen LogP contribution is -2.29. The maximum Gasteiger partial charge on any atom is 0.325 e. The Balaban J connectivity index is 2.85. The summed E-state index contributed by atoms with van der Waals surface area (Å²) in [7, 11) is 0. The van der Waals surface area contributed by atoms with Gasteiger partial charge in [0.15, 0.2) is 11.7 Å². The van der Waals surface area contributed by atoms with Crippen LogP contribution in [0.5, 0.6) is 0 Å². The Hall–Kier alpha value is -1.58. The molecular formula is C12H14IN3O4. The zero-order valence-corrected chi connectivity index (χ0v) is 13.2. The first-order chi connectivity index (χ1) is 9.58. The molecule has 1 aromatic heterocycles. The number of halogens is 1. The third-order valence-corrected chi connectivity index (χ3v) is 2.63. The topological polar surface area (TPSA) is 90.7 Å². The van der Waals surface area contributed by atoms with Crippen LogP contribution >= 0.6 is 22.6 Å². The summed E-state index contributed by atoms with van der Waals surface area (Å²) in [6, 6.07) is 3.34. The highest BCUT2D eigenvalue weighted by molar-refractivity contribution is 14.1. The molecule has 0 N–H and O–H groups in total. The zero-order valence-electron chi connectivity index (χ0n) is 11.1. The van der Waals surface area contributed by atoms with Crippen LogP contribution in [0, 0.1) is 9.62 Å². The smallest absolute Gasteiger partial charge is 0.325 e. The van der Waals surface area contributed by atoms with E-state index in [1.165, 1.54) is 0 Å². The minimum atomic E-state index is -1.20. The highest BCUT2D eigenvalue weighted by atomic mass is 127. The fourth-order valence-corrected chi connectivity index (χ4v) is 1.50. The van der Waals surface area contributed by atoms with Crippen molar-refractivity contribution in [2.45, 2.75) is 13.8 Å². The molecule has 7 nitrogen and oxygen atoms in total. The maximum absolute atomic E-state index is 11.7. The van der Waals surface area contributed by atoms with Crippen LogP contribution in [0.4, 0.5) is 5.82 Å². The van der Waals surface area contributed by atoms with Crippen molar-refractivity contribution >= 4 is 46.6 Å². The van der Waals surface area contributed by atoms with Gasteiger partial charge in [-0.3, -0.25) is 9.59 Å². The van der Waals surface area contributed by atoms with Gasteiger partial charge in [0.05, 0.1) is 13.2 Å². The normalized spacial score (nSPS) is 10.8. The number of aliphatic imine (C=N–C) groups is 1. The van der Waals surface area contributed by atoms with Gasteiger partial charge >= 0.3 is 11.9 Å². The monoisotopic (exact) mass is 391 g/mol. The van der Waals surface area contributed by atoms with Crippen LogP contribution in [-0.2, 0) is 19.1 Å². The van der Waals surface area contributed by atoms with Crippen LogP contribution in [0.1, 0.15) is 13.8 Å². The SMILES string of the molecule is CCOC(=O)C(C=Nc1ccc(I)nn1)C(=O)OCC. The summed E-state index contributed by atoms with van der Waals surface area (Å²) in [6.45, 7) is 3.65. The van der Waals surface area contributed by atoms with E-state index in [1.54, 1.807) is 26.0 Å². The van der Waals surface area contributed by atoms with E-state index in [-0.39, 0.29) is 13.2 Å². The largest absolute Gasteiger partial charge is 0.465 e. The van der Waals surface area contributed by atoms with Gasteiger partial charge in [0.25, 0.3) is 0 Å². The molecule has 1 heterocycles. The predicted octanol–water partition coefficient (Wildman–Crippen LogP) is 1.53. The Bertz CT molecular complexity index is 472. The van der Waals surface area contributed by atoms with Crippen LogP contribution in [0.3, 0.4) is 0 Å². The number of nitrogens with zero attached hydrogens (tertiary/aromatic N) is 3. The van der Waals surface area contributed by atoms with Crippen molar-refractivity contribution < 1.29 is 19.1 Å². The molecule has 0 bridgehead atoms. The van der Waals surface area contributed by atoms with Crippen molar-refractivity contribution in [2.75, 3.05) is 13.2 Å². The van der Waals surface area contributed by atoms with Crippen LogP contribution in [0.25, 0.3) is 0 Å². The zero-order chi connectivity index (χ0) is 15.0. The van der Waals surface area contributed by atoms with E-state index >= 15 is 0 Å². The van der Waals surface area contributed by atoms with Crippen LogP contribution in [0.2, 0.25) is 0 Å². The van der Waals surface area contributed by atoms with Gasteiger partial charge < -0.3 is 9.47 Å². The third-order valence-electron chi connectivity index (χ3n) is 2.05. The summed E-state index contributed by atoms with van der Waals surface area (Å²) >= 11 is 2.01. The first-order valence-corrected chi connectivity index (χ1v) is 7.03. The van der Waals surface area contributed by atoms with E-state index in [2.05, 4.69) is 15.2 Å². The van der Waals surface area contributed by atoms with Crippen molar-refractivity contribution in [1.82, 2.24) is 10.2 Å². The molecule has 0 amide bonds. The fraction of sp³-hybridized carbons (Fsp3) is 0.417. The number of hydrogen-bond acceptors (Lipinski definition) is 7. The molecule has 20 heavy (non-hydrogen) atoms. The average molecular weight is 391 g/mol. The van der Waals surface area contributed by atoms with E-state index < -0.39 is 17.9 Å². The van der Waals surface area contributed by atoms with Gasteiger partial charge in [-0.15, -0.1) is 10.2 Å². The number of hydrogen-bond donors (Lipinski definition) is 0. The second-order valence-corrected chi connectivity index (χ2v) is 4.58. The van der Waals surface area contributed by atoms with Crippen LogP contribution < -0.4 is 0 Å². The molecular weight excluding hydrogens is 377 g/mol. The van der Waals surface area contributed by atoms with Crippen molar-refractivity contribution in [3.8, 4) is 0 Å². The second-order valence-electron chi connectivity index (χ2n) is 3.47. The molecule has 0 aromatic carbocycles. The maximum atomic E-state index is 11.7. The fourth-order valence-electron chi connectivity index (χ4n) is 1.21. The Morgan fingerprint density at radius 3 is 2.30 bits per heavy atom. The predicted molar refractivity (Wildman–Crippen MR) is 79.7 cm³/mol. The first-order valence-electron chi connectivity index (χ1n) is 5.95. The Kier molecular flexibility index (Phi) is 7.05. The van der Waals surface area contributed by atoms with Gasteiger partial charge in [-0.25, -0.2) is 4.99 Å². The number of esters is 2. The minimum Gasteiger partial charge on any atom is -0.465 e. The Morgan fingerprint density at radius 2 is 1.85 bits per heavy atom. The number of carbonyl (C=O) groups is 2. The van der Waals surface area contributed by atoms with Crippen LogP contribution in [-0.4, -0.2) is 41.6 Å². The number of ether oxygens (including phenoxy) is 2. The first kappa shape index (κ1) is 16.5. The molecule has 0 aliphatic rings. The Morgan fingerprint density at radius 1 is 1.25 bits per heavy atom. The van der Waals surface area contributed by atoms with E-state index in [0.29, 0.717) is 9.52 Å². The lowest BCUT2D eigenvalue weighted by Gasteiger charge is -2.09. The van der Waals surface area contributed by atoms with E-state index in [1.807, 2.05) is 22.6 Å². The summed E-state index contributed by atoms with van der Waals surface area (Å²) in [5, 5.41) is 7.61. The van der Waals surface area contributed by atoms with E-state index in [9.17, 15) is 9.59 Å². The molecule has 0 aliphatic heterocycles. The molecule has 1 aromatic rings. The summed E-state index contributed by atoms with van der Waals surface area (Å²) < 4.78 is 10.3. The van der Waals surface area contributed by atoms with Crippen molar-refractivity contribution in [1.29, 1.82) is 0 Å². The number of aromatic nitrogens is 2. The molecule has 0 radical (unpaired) electrons. The molecule has 0 spiro atoms.